The number of benzene rings is 4. The van der Waals surface area contributed by atoms with Gasteiger partial charge in [0, 0.05) is 5.56 Å². The van der Waals surface area contributed by atoms with Crippen molar-refractivity contribution in [1.82, 2.24) is 0 Å². The molecule has 0 spiro atoms. The van der Waals surface area contributed by atoms with Crippen molar-refractivity contribution in [2.24, 2.45) is 5.92 Å². The van der Waals surface area contributed by atoms with Gasteiger partial charge in [-0.1, -0.05) is 130 Å². The molecule has 1 saturated carbocycles. The lowest BCUT2D eigenvalue weighted by Gasteiger charge is -2.28. The van der Waals surface area contributed by atoms with E-state index in [1.807, 2.05) is 24.3 Å². The number of rotatable bonds is 9. The van der Waals surface area contributed by atoms with Crippen molar-refractivity contribution in [3.05, 3.63) is 131 Å². The Balaban J connectivity index is 1.19. The third-order valence-electron chi connectivity index (χ3n) is 8.61. The van der Waals surface area contributed by atoms with Gasteiger partial charge in [0.15, 0.2) is 0 Å². The lowest BCUT2D eigenvalue weighted by Crippen LogP contribution is -2.13. The predicted octanol–water partition coefficient (Wildman–Crippen LogP) is 11.1. The summed E-state index contributed by atoms with van der Waals surface area (Å²) < 4.78 is 15.0. The average molecular weight is 517 g/mol. The molecule has 0 aliphatic heterocycles. The summed E-state index contributed by atoms with van der Waals surface area (Å²) in [6.07, 6.45) is 12.9. The number of hydrogen-bond acceptors (Lipinski definition) is 0. The standard InChI is InChI=1S/C38H41F/c1-3-7-29-10-17-33(18-11-29)34-19-12-30(13-20-34)14-23-36-24-25-37(27-38(36)39)35-21-15-31(16-22-35)26-28(2)32-8-5-4-6-9-32/h4-6,8-9,12-16,19-25,27-29,33H,3,7,10-11,17-18,26H2,1-2H3/b23-14+. The minimum atomic E-state index is -0.189. The molecule has 39 heavy (non-hydrogen) atoms. The van der Waals surface area contributed by atoms with Gasteiger partial charge >= 0.3 is 0 Å². The van der Waals surface area contributed by atoms with Crippen LogP contribution in [0.15, 0.2) is 97.1 Å². The smallest absolute Gasteiger partial charge is 0.131 e. The van der Waals surface area contributed by atoms with Crippen molar-refractivity contribution in [3.8, 4) is 11.1 Å². The van der Waals surface area contributed by atoms with Crippen molar-refractivity contribution in [3.63, 3.8) is 0 Å². The minimum Gasteiger partial charge on any atom is -0.206 e. The number of halogens is 1. The van der Waals surface area contributed by atoms with Crippen molar-refractivity contribution in [2.75, 3.05) is 0 Å². The van der Waals surface area contributed by atoms with Crippen molar-refractivity contribution < 1.29 is 4.39 Å². The molecule has 0 aromatic heterocycles. The first-order valence-electron chi connectivity index (χ1n) is 14.8. The van der Waals surface area contributed by atoms with Crippen molar-refractivity contribution >= 4 is 12.2 Å². The van der Waals surface area contributed by atoms with Crippen LogP contribution in [0.25, 0.3) is 23.3 Å². The molecule has 4 aromatic carbocycles. The average Bonchev–Trinajstić information content (AvgIpc) is 2.98. The highest BCUT2D eigenvalue weighted by molar-refractivity contribution is 5.72. The molecular formula is C38H41F. The van der Waals surface area contributed by atoms with Crippen LogP contribution in [0.3, 0.4) is 0 Å². The predicted molar refractivity (Wildman–Crippen MR) is 165 cm³/mol. The lowest BCUT2D eigenvalue weighted by atomic mass is 9.77. The molecule has 1 aliphatic carbocycles. The molecule has 1 aliphatic rings. The van der Waals surface area contributed by atoms with E-state index in [1.165, 1.54) is 55.2 Å². The van der Waals surface area contributed by atoms with Gasteiger partial charge in [-0.3, -0.25) is 0 Å². The van der Waals surface area contributed by atoms with E-state index in [-0.39, 0.29) is 5.82 Å². The van der Waals surface area contributed by atoms with Crippen LogP contribution in [0.5, 0.6) is 0 Å². The van der Waals surface area contributed by atoms with Gasteiger partial charge in [-0.2, -0.15) is 0 Å². The Morgan fingerprint density at radius 2 is 1.46 bits per heavy atom. The van der Waals surface area contributed by atoms with E-state index in [1.54, 1.807) is 6.07 Å². The molecule has 5 rings (SSSR count). The summed E-state index contributed by atoms with van der Waals surface area (Å²) >= 11 is 0. The zero-order valence-electron chi connectivity index (χ0n) is 23.5. The highest BCUT2D eigenvalue weighted by atomic mass is 19.1. The maximum absolute atomic E-state index is 15.0. The van der Waals surface area contributed by atoms with Gasteiger partial charge in [0.05, 0.1) is 0 Å². The first-order valence-corrected chi connectivity index (χ1v) is 14.8. The van der Waals surface area contributed by atoms with E-state index in [2.05, 4.69) is 92.7 Å². The third-order valence-corrected chi connectivity index (χ3v) is 8.61. The summed E-state index contributed by atoms with van der Waals surface area (Å²) in [7, 11) is 0. The zero-order chi connectivity index (χ0) is 27.0. The summed E-state index contributed by atoms with van der Waals surface area (Å²) in [5, 5.41) is 0. The Morgan fingerprint density at radius 3 is 2.13 bits per heavy atom. The molecule has 1 heteroatoms. The van der Waals surface area contributed by atoms with Gasteiger partial charge < -0.3 is 0 Å². The van der Waals surface area contributed by atoms with Crippen LogP contribution in [0.2, 0.25) is 0 Å². The summed E-state index contributed by atoms with van der Waals surface area (Å²) in [5.74, 6) is 1.90. The molecule has 0 saturated heterocycles. The van der Waals surface area contributed by atoms with Gasteiger partial charge in [0.25, 0.3) is 0 Å². The Morgan fingerprint density at radius 1 is 0.769 bits per heavy atom. The summed E-state index contributed by atoms with van der Waals surface area (Å²) in [6.45, 7) is 4.56. The van der Waals surface area contributed by atoms with Crippen LogP contribution in [-0.2, 0) is 6.42 Å². The molecule has 0 N–H and O–H groups in total. The molecule has 1 atom stereocenters. The molecule has 1 unspecified atom stereocenters. The van der Waals surface area contributed by atoms with Crippen LogP contribution >= 0.6 is 0 Å². The maximum atomic E-state index is 15.0. The summed E-state index contributed by atoms with van der Waals surface area (Å²) in [5.41, 5.74) is 7.79. The van der Waals surface area contributed by atoms with Gasteiger partial charge in [-0.15, -0.1) is 0 Å². The van der Waals surface area contributed by atoms with Crippen LogP contribution in [-0.4, -0.2) is 0 Å². The molecule has 0 heterocycles. The normalized spacial score (nSPS) is 18.3. The molecule has 1 fully saturated rings. The molecule has 0 radical (unpaired) electrons. The first-order chi connectivity index (χ1) is 19.1. The van der Waals surface area contributed by atoms with Crippen molar-refractivity contribution in [1.29, 1.82) is 0 Å². The van der Waals surface area contributed by atoms with Gasteiger partial charge in [-0.25, -0.2) is 4.39 Å². The fourth-order valence-corrected chi connectivity index (χ4v) is 6.19. The maximum Gasteiger partial charge on any atom is 0.131 e. The van der Waals surface area contributed by atoms with Crippen molar-refractivity contribution in [2.45, 2.75) is 70.6 Å². The van der Waals surface area contributed by atoms with Gasteiger partial charge in [-0.05, 0) is 89.3 Å². The summed E-state index contributed by atoms with van der Waals surface area (Å²) in [4.78, 5) is 0. The monoisotopic (exact) mass is 516 g/mol. The Kier molecular flexibility index (Phi) is 9.09. The highest BCUT2D eigenvalue weighted by Gasteiger charge is 2.21. The topological polar surface area (TPSA) is 0 Å². The Labute approximate surface area is 234 Å². The quantitative estimate of drug-likeness (QED) is 0.194. The van der Waals surface area contributed by atoms with Gasteiger partial charge in [0.1, 0.15) is 5.82 Å². The molecule has 0 nitrogen and oxygen atoms in total. The van der Waals surface area contributed by atoms with Crippen LogP contribution in [0, 0.1) is 11.7 Å². The molecule has 200 valence electrons. The van der Waals surface area contributed by atoms with Gasteiger partial charge in [0.2, 0.25) is 0 Å². The molecular weight excluding hydrogens is 475 g/mol. The van der Waals surface area contributed by atoms with Crippen LogP contribution in [0.4, 0.5) is 4.39 Å². The molecule has 0 bridgehead atoms. The van der Waals surface area contributed by atoms with E-state index >= 15 is 4.39 Å². The summed E-state index contributed by atoms with van der Waals surface area (Å²) in [6, 6.07) is 33.6. The second-order valence-electron chi connectivity index (χ2n) is 11.5. The fourth-order valence-electron chi connectivity index (χ4n) is 6.19. The van der Waals surface area contributed by atoms with E-state index in [0.717, 1.165) is 29.0 Å². The van der Waals surface area contributed by atoms with E-state index in [4.69, 9.17) is 0 Å². The van der Waals surface area contributed by atoms with Crippen LogP contribution < -0.4 is 0 Å². The number of hydrogen-bond donors (Lipinski definition) is 0. The Bertz CT molecular complexity index is 1340. The second-order valence-corrected chi connectivity index (χ2v) is 11.5. The fraction of sp³-hybridized carbons (Fsp3) is 0.316. The second kappa shape index (κ2) is 13.1. The largest absolute Gasteiger partial charge is 0.206 e. The Hall–Kier alpha value is -3.45. The molecule has 0 amide bonds. The third kappa shape index (κ3) is 7.15. The molecule has 4 aromatic rings. The van der Waals surface area contributed by atoms with E-state index < -0.39 is 0 Å². The van der Waals surface area contributed by atoms with Crippen LogP contribution in [0.1, 0.15) is 92.0 Å². The zero-order valence-corrected chi connectivity index (χ0v) is 23.5. The van der Waals surface area contributed by atoms with E-state index in [0.29, 0.717) is 17.4 Å². The minimum absolute atomic E-state index is 0.189. The first kappa shape index (κ1) is 27.1. The highest BCUT2D eigenvalue weighted by Crippen LogP contribution is 2.37. The SMILES string of the molecule is CCCC1CCC(c2ccc(/C=C/c3ccc(-c4ccc(CC(C)c5ccccc5)cc4)cc3F)cc2)CC1. The van der Waals surface area contributed by atoms with E-state index in [9.17, 15) is 0 Å². The lowest BCUT2D eigenvalue weighted by molar-refractivity contribution is 0.308.